The van der Waals surface area contributed by atoms with Gasteiger partial charge >= 0.3 is 0 Å². The highest BCUT2D eigenvalue weighted by Gasteiger charge is 2.22. The maximum absolute atomic E-state index is 11.9. The van der Waals surface area contributed by atoms with Crippen molar-refractivity contribution in [1.82, 2.24) is 5.32 Å². The van der Waals surface area contributed by atoms with Crippen LogP contribution in [0.1, 0.15) is 25.6 Å². The van der Waals surface area contributed by atoms with E-state index in [2.05, 4.69) is 21.2 Å². The molecule has 0 aliphatic rings. The molecule has 0 spiro atoms. The maximum Gasteiger partial charge on any atom is 0.154 e. The first-order chi connectivity index (χ1) is 8.33. The molecule has 1 rings (SSSR count). The van der Waals surface area contributed by atoms with Crippen molar-refractivity contribution in [3.05, 3.63) is 20.8 Å². The number of sulfone groups is 1. The van der Waals surface area contributed by atoms with Crippen LogP contribution in [0.5, 0.6) is 0 Å². The van der Waals surface area contributed by atoms with E-state index < -0.39 is 9.84 Å². The standard InChI is InChI=1S/C12H20BrNO2S2/c1-9(2)10(3)18(15,16)5-4-14-7-12-6-11(13)8-17-12/h6,8-10,14H,4-5,7H2,1-3H3. The van der Waals surface area contributed by atoms with Gasteiger partial charge < -0.3 is 5.32 Å². The highest BCUT2D eigenvalue weighted by atomic mass is 79.9. The van der Waals surface area contributed by atoms with E-state index >= 15 is 0 Å². The van der Waals surface area contributed by atoms with Crippen molar-refractivity contribution in [2.45, 2.75) is 32.6 Å². The fourth-order valence-corrected chi connectivity index (χ4v) is 4.52. The number of rotatable bonds is 7. The molecule has 1 unspecified atom stereocenters. The first-order valence-electron chi connectivity index (χ1n) is 5.98. The number of hydrogen-bond acceptors (Lipinski definition) is 4. The topological polar surface area (TPSA) is 46.2 Å². The van der Waals surface area contributed by atoms with Gasteiger partial charge in [-0.05, 0) is 34.8 Å². The second-order valence-electron chi connectivity index (χ2n) is 4.72. The molecule has 1 aromatic heterocycles. The lowest BCUT2D eigenvalue weighted by molar-refractivity contribution is 0.543. The Labute approximate surface area is 122 Å². The third-order valence-electron chi connectivity index (χ3n) is 2.99. The van der Waals surface area contributed by atoms with E-state index in [1.165, 1.54) is 4.88 Å². The van der Waals surface area contributed by atoms with Crippen molar-refractivity contribution in [2.24, 2.45) is 5.92 Å². The first kappa shape index (κ1) is 16.1. The zero-order valence-corrected chi connectivity index (χ0v) is 14.2. The normalized spacial score (nSPS) is 14.1. The smallest absolute Gasteiger partial charge is 0.154 e. The maximum atomic E-state index is 11.9. The van der Waals surface area contributed by atoms with Crippen LogP contribution in [0, 0.1) is 5.92 Å². The largest absolute Gasteiger partial charge is 0.311 e. The van der Waals surface area contributed by atoms with Gasteiger partial charge in [-0.3, -0.25) is 0 Å². The Morgan fingerprint density at radius 2 is 2.06 bits per heavy atom. The third kappa shape index (κ3) is 4.99. The molecule has 0 saturated heterocycles. The van der Waals surface area contributed by atoms with E-state index in [1.807, 2.05) is 25.3 Å². The molecule has 6 heteroatoms. The zero-order valence-electron chi connectivity index (χ0n) is 10.9. The van der Waals surface area contributed by atoms with Gasteiger partial charge in [-0.2, -0.15) is 0 Å². The van der Waals surface area contributed by atoms with Gasteiger partial charge in [0.2, 0.25) is 0 Å². The summed E-state index contributed by atoms with van der Waals surface area (Å²) in [7, 11) is -2.98. The third-order valence-corrected chi connectivity index (χ3v) is 7.14. The van der Waals surface area contributed by atoms with Crippen molar-refractivity contribution in [3.63, 3.8) is 0 Å². The lowest BCUT2D eigenvalue weighted by Crippen LogP contribution is -2.31. The fourth-order valence-electron chi connectivity index (χ4n) is 1.47. The lowest BCUT2D eigenvalue weighted by atomic mass is 10.2. The molecule has 0 saturated carbocycles. The number of halogens is 1. The lowest BCUT2D eigenvalue weighted by Gasteiger charge is -2.16. The van der Waals surface area contributed by atoms with Crippen LogP contribution in [0.3, 0.4) is 0 Å². The molecule has 0 aliphatic carbocycles. The Morgan fingerprint density at radius 3 is 2.56 bits per heavy atom. The van der Waals surface area contributed by atoms with Gasteiger partial charge in [0.25, 0.3) is 0 Å². The Bertz CT molecular complexity index is 468. The number of thiophene rings is 1. The second kappa shape index (κ2) is 7.03. The van der Waals surface area contributed by atoms with Gasteiger partial charge in [-0.15, -0.1) is 11.3 Å². The predicted octanol–water partition coefficient (Wildman–Crippen LogP) is 3.06. The first-order valence-corrected chi connectivity index (χ1v) is 9.37. The zero-order chi connectivity index (χ0) is 13.8. The second-order valence-corrected chi connectivity index (χ2v) is 9.11. The van der Waals surface area contributed by atoms with Crippen LogP contribution in [-0.4, -0.2) is 26.0 Å². The minimum absolute atomic E-state index is 0.170. The van der Waals surface area contributed by atoms with E-state index in [0.717, 1.165) is 11.0 Å². The van der Waals surface area contributed by atoms with E-state index in [4.69, 9.17) is 0 Å². The van der Waals surface area contributed by atoms with Crippen molar-refractivity contribution in [1.29, 1.82) is 0 Å². The molecule has 1 N–H and O–H groups in total. The van der Waals surface area contributed by atoms with E-state index in [0.29, 0.717) is 6.54 Å². The van der Waals surface area contributed by atoms with Crippen LogP contribution >= 0.6 is 27.3 Å². The van der Waals surface area contributed by atoms with Crippen molar-refractivity contribution >= 4 is 37.1 Å². The average Bonchev–Trinajstić information content (AvgIpc) is 2.69. The Hall–Kier alpha value is 0.0900. The summed E-state index contributed by atoms with van der Waals surface area (Å²) in [5, 5.41) is 4.93. The molecule has 3 nitrogen and oxygen atoms in total. The minimum Gasteiger partial charge on any atom is -0.311 e. The number of hydrogen-bond donors (Lipinski definition) is 1. The van der Waals surface area contributed by atoms with Crippen LogP contribution in [0.2, 0.25) is 0 Å². The SMILES string of the molecule is CC(C)C(C)S(=O)(=O)CCNCc1cc(Br)cs1. The molecular formula is C12H20BrNO2S2. The summed E-state index contributed by atoms with van der Waals surface area (Å²) in [6.45, 7) is 6.91. The molecule has 0 fully saturated rings. The Morgan fingerprint density at radius 1 is 1.39 bits per heavy atom. The molecular weight excluding hydrogens is 334 g/mol. The minimum atomic E-state index is -2.98. The van der Waals surface area contributed by atoms with E-state index in [1.54, 1.807) is 18.3 Å². The fraction of sp³-hybridized carbons (Fsp3) is 0.667. The summed E-state index contributed by atoms with van der Waals surface area (Å²) in [4.78, 5) is 1.20. The quantitative estimate of drug-likeness (QED) is 0.766. The monoisotopic (exact) mass is 353 g/mol. The Kier molecular flexibility index (Phi) is 6.30. The van der Waals surface area contributed by atoms with Gasteiger partial charge in [0.15, 0.2) is 9.84 Å². The molecule has 0 bridgehead atoms. The van der Waals surface area contributed by atoms with Gasteiger partial charge in [0, 0.05) is 27.8 Å². The van der Waals surface area contributed by atoms with Crippen LogP contribution in [0.15, 0.2) is 15.9 Å². The van der Waals surface area contributed by atoms with E-state index in [-0.39, 0.29) is 16.9 Å². The number of nitrogens with one attached hydrogen (secondary N) is 1. The molecule has 1 aromatic rings. The van der Waals surface area contributed by atoms with Crippen LogP contribution < -0.4 is 5.32 Å². The molecule has 104 valence electrons. The van der Waals surface area contributed by atoms with Gasteiger partial charge in [-0.1, -0.05) is 13.8 Å². The van der Waals surface area contributed by atoms with Gasteiger partial charge in [0.1, 0.15) is 0 Å². The highest BCUT2D eigenvalue weighted by molar-refractivity contribution is 9.10. The average molecular weight is 354 g/mol. The summed E-state index contributed by atoms with van der Waals surface area (Å²) in [6, 6.07) is 2.04. The highest BCUT2D eigenvalue weighted by Crippen LogP contribution is 2.19. The van der Waals surface area contributed by atoms with Crippen molar-refractivity contribution in [2.75, 3.05) is 12.3 Å². The molecule has 0 aliphatic heterocycles. The summed E-state index contributed by atoms with van der Waals surface area (Å²) in [6.07, 6.45) is 0. The molecule has 1 heterocycles. The van der Waals surface area contributed by atoms with Crippen molar-refractivity contribution < 1.29 is 8.42 Å². The summed E-state index contributed by atoms with van der Waals surface area (Å²) in [5.74, 6) is 0.377. The summed E-state index contributed by atoms with van der Waals surface area (Å²) >= 11 is 5.05. The van der Waals surface area contributed by atoms with Gasteiger partial charge in [0.05, 0.1) is 11.0 Å². The predicted molar refractivity (Wildman–Crippen MR) is 81.8 cm³/mol. The van der Waals surface area contributed by atoms with E-state index in [9.17, 15) is 8.42 Å². The van der Waals surface area contributed by atoms with Crippen LogP contribution in [0.4, 0.5) is 0 Å². The molecule has 0 aromatic carbocycles. The molecule has 18 heavy (non-hydrogen) atoms. The van der Waals surface area contributed by atoms with Gasteiger partial charge in [-0.25, -0.2) is 8.42 Å². The Balaban J connectivity index is 2.33. The summed E-state index contributed by atoms with van der Waals surface area (Å²) in [5.41, 5.74) is 0. The van der Waals surface area contributed by atoms with Crippen LogP contribution in [-0.2, 0) is 16.4 Å². The molecule has 0 radical (unpaired) electrons. The molecule has 1 atom stereocenters. The van der Waals surface area contributed by atoms with Crippen molar-refractivity contribution in [3.8, 4) is 0 Å². The molecule has 0 amide bonds. The summed E-state index contributed by atoms with van der Waals surface area (Å²) < 4.78 is 25.0. The van der Waals surface area contributed by atoms with Crippen LogP contribution in [0.25, 0.3) is 0 Å².